The van der Waals surface area contributed by atoms with Crippen molar-refractivity contribution in [2.75, 3.05) is 24.5 Å². The molecule has 0 saturated carbocycles. The van der Waals surface area contributed by atoms with Crippen molar-refractivity contribution in [2.45, 2.75) is 23.3 Å². The fourth-order valence-corrected chi connectivity index (χ4v) is 6.57. The highest BCUT2D eigenvalue weighted by molar-refractivity contribution is 7.94. The number of morpholine rings is 1. The number of sulfonamides is 1. The van der Waals surface area contributed by atoms with Crippen LogP contribution in [0.25, 0.3) is 10.9 Å². The quantitative estimate of drug-likeness (QED) is 0.189. The van der Waals surface area contributed by atoms with Gasteiger partial charge in [-0.1, -0.05) is 41.9 Å². The summed E-state index contributed by atoms with van der Waals surface area (Å²) in [7, 11) is -3.95. The zero-order chi connectivity index (χ0) is 28.7. The van der Waals surface area contributed by atoms with E-state index in [1.807, 2.05) is 24.3 Å². The van der Waals surface area contributed by atoms with Crippen LogP contribution in [-0.2, 0) is 37.4 Å². The number of nitrogens with zero attached hydrogens (tertiary/aromatic N) is 2. The van der Waals surface area contributed by atoms with Gasteiger partial charge in [0.15, 0.2) is 5.82 Å². The summed E-state index contributed by atoms with van der Waals surface area (Å²) >= 11 is 6.84. The van der Waals surface area contributed by atoms with Gasteiger partial charge >= 0.3 is 0 Å². The summed E-state index contributed by atoms with van der Waals surface area (Å²) in [5.41, 5.74) is 2.35. The number of hydrogen-bond donors (Lipinski definition) is 5. The first kappa shape index (κ1) is 29.3. The molecule has 40 heavy (non-hydrogen) atoms. The van der Waals surface area contributed by atoms with Crippen LogP contribution in [0, 0.1) is 0 Å². The van der Waals surface area contributed by atoms with Crippen LogP contribution in [0.2, 0.25) is 4.34 Å². The van der Waals surface area contributed by atoms with E-state index in [9.17, 15) is 18.3 Å². The fraction of sp³-hybridized carbons (Fsp3) is 0.240. The Kier molecular flexibility index (Phi) is 9.60. The first-order valence-electron chi connectivity index (χ1n) is 11.9. The van der Waals surface area contributed by atoms with Gasteiger partial charge < -0.3 is 25.6 Å². The molecule has 1 fully saturated rings. The number of aromatic nitrogens is 2. The zero-order valence-electron chi connectivity index (χ0n) is 20.9. The topological polar surface area (TPSA) is 172 Å². The molecule has 0 unspecified atom stereocenters. The Morgan fingerprint density at radius 1 is 1.23 bits per heavy atom. The number of halogens is 1. The lowest BCUT2D eigenvalue weighted by atomic mass is 10.1. The molecular weight excluding hydrogens is 582 g/mol. The molecule has 1 aliphatic heterocycles. The number of fused-ring (bicyclic) bond motifs is 1. The highest BCUT2D eigenvalue weighted by atomic mass is 35.5. The number of rotatable bonds is 8. The van der Waals surface area contributed by atoms with Gasteiger partial charge in [-0.3, -0.25) is 19.0 Å². The largest absolute Gasteiger partial charge is 0.507 e. The number of amides is 1. The predicted octanol–water partition coefficient (Wildman–Crippen LogP) is 2.61. The maximum atomic E-state index is 12.9. The Bertz CT molecular complexity index is 1600. The molecule has 0 radical (unpaired) electrons. The number of phenols is 1. The Balaban J connectivity index is 0.00000118. The van der Waals surface area contributed by atoms with Gasteiger partial charge in [-0.05, 0) is 35.4 Å². The third-order valence-electron chi connectivity index (χ3n) is 5.83. The van der Waals surface area contributed by atoms with Gasteiger partial charge in [-0.15, -0.1) is 11.3 Å². The molecule has 5 rings (SSSR count). The van der Waals surface area contributed by atoms with E-state index in [0.29, 0.717) is 48.1 Å². The molecule has 15 heteroatoms. The molecule has 0 bridgehead atoms. The molecule has 2 aromatic carbocycles. The number of aromatic hydroxyl groups is 1. The van der Waals surface area contributed by atoms with Gasteiger partial charge in [0.25, 0.3) is 16.5 Å². The van der Waals surface area contributed by atoms with E-state index in [1.54, 1.807) is 16.8 Å². The minimum absolute atomic E-state index is 0.0169. The highest BCUT2D eigenvalue weighted by Crippen LogP contribution is 2.34. The summed E-state index contributed by atoms with van der Waals surface area (Å²) in [5.74, 6) is -0.201. The highest BCUT2D eigenvalue weighted by Gasteiger charge is 2.23. The van der Waals surface area contributed by atoms with E-state index in [2.05, 4.69) is 20.5 Å². The number of ether oxygens (including phenoxy) is 1. The summed E-state index contributed by atoms with van der Waals surface area (Å²) in [6.45, 7) is 1.99. The average Bonchev–Trinajstić information content (AvgIpc) is 3.53. The first-order chi connectivity index (χ1) is 19.2. The molecule has 0 spiro atoms. The molecule has 1 atom stereocenters. The van der Waals surface area contributed by atoms with Crippen LogP contribution in [0.5, 0.6) is 5.75 Å². The molecule has 12 nitrogen and oxygen atoms in total. The lowest BCUT2D eigenvalue weighted by Crippen LogP contribution is -2.51. The lowest BCUT2D eigenvalue weighted by molar-refractivity contribution is -0.126. The van der Waals surface area contributed by atoms with Crippen LogP contribution in [0.1, 0.15) is 11.1 Å². The van der Waals surface area contributed by atoms with Gasteiger partial charge in [-0.25, -0.2) is 8.42 Å². The molecule has 0 aliphatic carbocycles. The van der Waals surface area contributed by atoms with E-state index in [0.717, 1.165) is 22.5 Å². The van der Waals surface area contributed by atoms with Gasteiger partial charge in [0.2, 0.25) is 5.91 Å². The van der Waals surface area contributed by atoms with Crippen molar-refractivity contribution >= 4 is 62.1 Å². The van der Waals surface area contributed by atoms with E-state index >= 15 is 0 Å². The van der Waals surface area contributed by atoms with Crippen LogP contribution in [-0.4, -0.2) is 66.6 Å². The fourth-order valence-electron chi connectivity index (χ4n) is 4.08. The van der Waals surface area contributed by atoms with Gasteiger partial charge in [-0.2, -0.15) is 5.10 Å². The Morgan fingerprint density at radius 3 is 2.67 bits per heavy atom. The van der Waals surface area contributed by atoms with Gasteiger partial charge in [0, 0.05) is 13.1 Å². The summed E-state index contributed by atoms with van der Waals surface area (Å²) in [6.07, 6.45) is 0. The number of hydrogen-bond acceptors (Lipinski definition) is 9. The summed E-state index contributed by atoms with van der Waals surface area (Å²) in [4.78, 5) is 20.8. The second kappa shape index (κ2) is 13.1. The average molecular weight is 608 g/mol. The molecule has 1 amide bonds. The van der Waals surface area contributed by atoms with Crippen molar-refractivity contribution in [3.8, 4) is 5.75 Å². The van der Waals surface area contributed by atoms with Crippen molar-refractivity contribution < 1.29 is 33.0 Å². The summed E-state index contributed by atoms with van der Waals surface area (Å²) in [5, 5.41) is 28.2. The number of anilines is 1. The predicted molar refractivity (Wildman–Crippen MR) is 150 cm³/mol. The number of carbonyl (C=O) groups is 2. The summed E-state index contributed by atoms with van der Waals surface area (Å²) in [6, 6.07) is 15.1. The molecule has 5 N–H and O–H groups in total. The second-order valence-electron chi connectivity index (χ2n) is 8.57. The van der Waals surface area contributed by atoms with Crippen LogP contribution >= 0.6 is 22.9 Å². The lowest BCUT2D eigenvalue weighted by Gasteiger charge is -2.22. The maximum absolute atomic E-state index is 12.9. The van der Waals surface area contributed by atoms with Crippen molar-refractivity contribution in [2.24, 2.45) is 0 Å². The first-order valence-corrected chi connectivity index (χ1v) is 14.6. The van der Waals surface area contributed by atoms with Crippen LogP contribution in [0.15, 0.2) is 58.8 Å². The molecule has 2 aromatic heterocycles. The smallest absolute Gasteiger partial charge is 0.290 e. The van der Waals surface area contributed by atoms with E-state index in [1.165, 1.54) is 18.2 Å². The molecule has 1 aliphatic rings. The SMILES string of the molecule is O=C(NCc1cccc(Cn2nc(NS(=O)(=O)c3ccc(Cl)s3)c3c(O)cccc32)c1)[C@H]1COCCN1.O=CO. The number of thiophene rings is 1. The second-order valence-corrected chi connectivity index (χ2v) is 12.2. The number of nitrogens with one attached hydrogen (secondary N) is 3. The molecule has 1 saturated heterocycles. The van der Waals surface area contributed by atoms with Crippen molar-refractivity contribution in [3.05, 3.63) is 70.1 Å². The van der Waals surface area contributed by atoms with E-state index in [4.69, 9.17) is 26.2 Å². The van der Waals surface area contributed by atoms with Gasteiger partial charge in [0.1, 0.15) is 16.0 Å². The number of phenolic OH excluding ortho intramolecular Hbond substituents is 1. The minimum atomic E-state index is -3.95. The third kappa shape index (κ3) is 7.08. The number of benzene rings is 2. The van der Waals surface area contributed by atoms with Gasteiger partial charge in [0.05, 0.1) is 35.0 Å². The van der Waals surface area contributed by atoms with Crippen molar-refractivity contribution in [1.29, 1.82) is 0 Å². The normalized spacial score (nSPS) is 15.2. The van der Waals surface area contributed by atoms with Crippen molar-refractivity contribution in [1.82, 2.24) is 20.4 Å². The molecule has 4 aromatic rings. The standard InChI is InChI=1S/C24H24ClN5O5S2.CH2O2/c25-20-7-8-21(36-20)37(33,34)29-23-22-18(5-2-6-19(22)31)30(28-23)13-16-4-1-3-15(11-16)12-27-24(32)17-14-35-10-9-26-17;2-1-3/h1-8,11,17,26,31H,9-10,12-14H2,(H,27,32)(H,28,29);1H,(H,2,3)/t17-;/m1./s1. The summed E-state index contributed by atoms with van der Waals surface area (Å²) < 4.78 is 35.6. The molecule has 212 valence electrons. The Labute approximate surface area is 238 Å². The molecule has 3 heterocycles. The van der Waals surface area contributed by atoms with Crippen LogP contribution < -0.4 is 15.4 Å². The van der Waals surface area contributed by atoms with Crippen molar-refractivity contribution in [3.63, 3.8) is 0 Å². The molecular formula is C25H26ClN5O7S2. The maximum Gasteiger partial charge on any atom is 0.290 e. The van der Waals surface area contributed by atoms with E-state index < -0.39 is 10.0 Å². The number of carboxylic acid groups (broad SMARTS) is 1. The Morgan fingerprint density at radius 2 is 1.98 bits per heavy atom. The third-order valence-corrected chi connectivity index (χ3v) is 8.89. The monoisotopic (exact) mass is 607 g/mol. The van der Waals surface area contributed by atoms with Crippen LogP contribution in [0.4, 0.5) is 5.82 Å². The minimum Gasteiger partial charge on any atom is -0.507 e. The zero-order valence-corrected chi connectivity index (χ0v) is 23.3. The van der Waals surface area contributed by atoms with E-state index in [-0.39, 0.29) is 34.2 Å². The number of carbonyl (C=O) groups excluding carboxylic acids is 1. The van der Waals surface area contributed by atoms with Crippen LogP contribution in [0.3, 0.4) is 0 Å². The Hall–Kier alpha value is -3.69.